The minimum atomic E-state index is -0.743. The Morgan fingerprint density at radius 3 is 3.03 bits per heavy atom. The van der Waals surface area contributed by atoms with Crippen molar-refractivity contribution in [3.63, 3.8) is 0 Å². The summed E-state index contributed by atoms with van der Waals surface area (Å²) in [6.45, 7) is -0.170. The maximum Gasteiger partial charge on any atom is 0.415 e. The van der Waals surface area contributed by atoms with E-state index in [2.05, 4.69) is 25.6 Å². The lowest BCUT2D eigenvalue weighted by Crippen LogP contribution is -2.38. The lowest BCUT2D eigenvalue weighted by molar-refractivity contribution is -0.118. The van der Waals surface area contributed by atoms with Crippen LogP contribution in [0.2, 0.25) is 0 Å². The van der Waals surface area contributed by atoms with Crippen LogP contribution >= 0.6 is 0 Å². The van der Waals surface area contributed by atoms with E-state index in [0.29, 0.717) is 18.5 Å². The largest absolute Gasteiger partial charge is 0.465 e. The first-order valence-corrected chi connectivity index (χ1v) is 10.7. The molecule has 0 bridgehead atoms. The monoisotopic (exact) mass is 458 g/mol. The molecule has 2 aromatic rings. The molecule has 4 heterocycles. The van der Waals surface area contributed by atoms with Crippen LogP contribution in [0.1, 0.15) is 23.1 Å². The van der Waals surface area contributed by atoms with Crippen LogP contribution in [-0.2, 0) is 29.0 Å². The number of carbonyl (C=O) groups excluding carboxylic acids is 2. The van der Waals surface area contributed by atoms with Crippen molar-refractivity contribution in [1.82, 2.24) is 20.3 Å². The molecule has 11 nitrogen and oxygen atoms in total. The number of aliphatic hydroxyl groups excluding tert-OH is 1. The zero-order valence-corrected chi connectivity index (χ0v) is 17.7. The number of hydrogen-bond acceptors (Lipinski definition) is 9. The molecule has 0 aromatic carbocycles. The number of nitrogens with zero attached hydrogens (tertiary/aromatic N) is 4. The molecular weight excluding hydrogens is 435 g/mol. The van der Waals surface area contributed by atoms with Gasteiger partial charge in [-0.05, 0) is 24.0 Å². The topological polar surface area (TPSA) is 139 Å². The summed E-state index contributed by atoms with van der Waals surface area (Å²) in [5.74, 6) is 0.204. The molecule has 12 heteroatoms. The number of aromatic nitrogens is 3. The van der Waals surface area contributed by atoms with E-state index in [1.165, 1.54) is 11.1 Å². The van der Waals surface area contributed by atoms with Crippen molar-refractivity contribution in [2.75, 3.05) is 29.9 Å². The average molecular weight is 458 g/mol. The second kappa shape index (κ2) is 8.87. The van der Waals surface area contributed by atoms with Gasteiger partial charge in [0.1, 0.15) is 12.8 Å². The first-order chi connectivity index (χ1) is 16.0. The molecule has 3 unspecified atom stereocenters. The zero-order valence-electron chi connectivity index (χ0n) is 17.7. The second-order valence-corrected chi connectivity index (χ2v) is 8.31. The van der Waals surface area contributed by atoms with Crippen LogP contribution in [0.5, 0.6) is 5.88 Å². The Morgan fingerprint density at radius 1 is 1.30 bits per heavy atom. The number of amides is 2. The summed E-state index contributed by atoms with van der Waals surface area (Å²) in [6.07, 6.45) is 4.48. The standard InChI is InChI=1S/C21H23FN6O5/c22-4-12-6-23-5-11-1-13(2-16(11)12)24-7-14(29)3-15-9-28(21(31)33-15)17-8-25-20-19(26-17)27-18(30)10-32-20/h5-6,8,13-15,24,29H,1-4,7,9-10H2,(H,26,27,30). The van der Waals surface area contributed by atoms with Gasteiger partial charge in [-0.15, -0.1) is 0 Å². The fourth-order valence-corrected chi connectivity index (χ4v) is 4.37. The van der Waals surface area contributed by atoms with Crippen molar-refractivity contribution in [2.24, 2.45) is 0 Å². The first-order valence-electron chi connectivity index (χ1n) is 10.7. The Labute approximate surface area is 188 Å². The van der Waals surface area contributed by atoms with E-state index in [4.69, 9.17) is 9.47 Å². The molecule has 0 spiro atoms. The van der Waals surface area contributed by atoms with Crippen LogP contribution in [0.4, 0.5) is 20.8 Å². The molecule has 5 rings (SSSR count). The highest BCUT2D eigenvalue weighted by atomic mass is 19.1. The third kappa shape index (κ3) is 4.44. The zero-order chi connectivity index (χ0) is 22.9. The minimum Gasteiger partial charge on any atom is -0.465 e. The van der Waals surface area contributed by atoms with Crippen molar-refractivity contribution in [1.29, 1.82) is 0 Å². The summed E-state index contributed by atoms with van der Waals surface area (Å²) in [4.78, 5) is 37.5. The quantitative estimate of drug-likeness (QED) is 0.541. The van der Waals surface area contributed by atoms with Crippen LogP contribution in [0.25, 0.3) is 0 Å². The summed E-state index contributed by atoms with van der Waals surface area (Å²) in [6, 6.07) is 0.0926. The van der Waals surface area contributed by atoms with Crippen LogP contribution in [-0.4, -0.2) is 70.0 Å². The summed E-state index contributed by atoms with van der Waals surface area (Å²) in [5, 5.41) is 16.3. The van der Waals surface area contributed by atoms with Gasteiger partial charge in [0.15, 0.2) is 18.2 Å². The number of pyridine rings is 1. The van der Waals surface area contributed by atoms with Crippen molar-refractivity contribution < 1.29 is 28.6 Å². The molecule has 2 aromatic heterocycles. The number of nitrogens with one attached hydrogen (secondary N) is 2. The lowest BCUT2D eigenvalue weighted by Gasteiger charge is -2.19. The van der Waals surface area contributed by atoms with Gasteiger partial charge in [-0.25, -0.2) is 19.2 Å². The number of halogens is 1. The average Bonchev–Trinajstić information content (AvgIpc) is 3.39. The van der Waals surface area contributed by atoms with Gasteiger partial charge in [-0.2, -0.15) is 0 Å². The predicted molar refractivity (Wildman–Crippen MR) is 113 cm³/mol. The fraction of sp³-hybridized carbons (Fsp3) is 0.476. The van der Waals surface area contributed by atoms with Gasteiger partial charge in [0, 0.05) is 37.0 Å². The van der Waals surface area contributed by atoms with Gasteiger partial charge in [0.05, 0.1) is 18.8 Å². The van der Waals surface area contributed by atoms with E-state index in [1.807, 2.05) is 0 Å². The van der Waals surface area contributed by atoms with Gasteiger partial charge >= 0.3 is 6.09 Å². The predicted octanol–water partition coefficient (Wildman–Crippen LogP) is 0.505. The molecule has 0 radical (unpaired) electrons. The van der Waals surface area contributed by atoms with Crippen molar-refractivity contribution in [3.05, 3.63) is 35.3 Å². The number of cyclic esters (lactones) is 1. The Balaban J connectivity index is 1.13. The lowest BCUT2D eigenvalue weighted by atomic mass is 10.1. The molecule has 1 fully saturated rings. The Bertz CT molecular complexity index is 1090. The summed E-state index contributed by atoms with van der Waals surface area (Å²) < 4.78 is 23.7. The summed E-state index contributed by atoms with van der Waals surface area (Å²) in [7, 11) is 0. The number of hydrogen-bond donors (Lipinski definition) is 3. The van der Waals surface area contributed by atoms with Gasteiger partial charge in [-0.1, -0.05) is 0 Å². The van der Waals surface area contributed by atoms with Crippen LogP contribution < -0.4 is 20.3 Å². The molecule has 3 N–H and O–H groups in total. The highest BCUT2D eigenvalue weighted by molar-refractivity contribution is 5.94. The van der Waals surface area contributed by atoms with Crippen molar-refractivity contribution in [2.45, 2.75) is 44.2 Å². The Morgan fingerprint density at radius 2 is 2.18 bits per heavy atom. The molecule has 2 amide bonds. The molecule has 174 valence electrons. The maximum absolute atomic E-state index is 13.2. The Hall–Kier alpha value is -3.38. The highest BCUT2D eigenvalue weighted by Crippen LogP contribution is 2.28. The van der Waals surface area contributed by atoms with Gasteiger partial charge in [0.2, 0.25) is 0 Å². The number of anilines is 2. The molecule has 3 atom stereocenters. The van der Waals surface area contributed by atoms with Crippen LogP contribution in [0, 0.1) is 0 Å². The van der Waals surface area contributed by atoms with E-state index >= 15 is 0 Å². The minimum absolute atomic E-state index is 0.0926. The number of rotatable bonds is 7. The summed E-state index contributed by atoms with van der Waals surface area (Å²) >= 11 is 0. The number of alkyl halides is 1. The molecule has 2 aliphatic heterocycles. The van der Waals surface area contributed by atoms with Crippen molar-refractivity contribution in [3.8, 4) is 5.88 Å². The molecule has 33 heavy (non-hydrogen) atoms. The molecular formula is C21H23FN6O5. The third-order valence-electron chi connectivity index (χ3n) is 5.95. The molecule has 1 saturated heterocycles. The number of carbonyl (C=O) groups is 2. The number of aliphatic hydroxyl groups is 1. The van der Waals surface area contributed by atoms with E-state index < -0.39 is 25.0 Å². The van der Waals surface area contributed by atoms with E-state index in [9.17, 15) is 19.1 Å². The SMILES string of the molecule is O=C1COc2ncc(N3CC(CC(O)CNC4Cc5cncc(CF)c5C4)OC3=O)nc2N1. The van der Waals surface area contributed by atoms with Gasteiger partial charge < -0.3 is 25.2 Å². The Kier molecular flexibility index (Phi) is 5.77. The van der Waals surface area contributed by atoms with Crippen molar-refractivity contribution >= 4 is 23.6 Å². The van der Waals surface area contributed by atoms with Crippen LogP contribution in [0.15, 0.2) is 18.6 Å². The normalized spacial score (nSPS) is 22.3. The third-order valence-corrected chi connectivity index (χ3v) is 5.95. The van der Waals surface area contributed by atoms with E-state index in [1.54, 1.807) is 12.4 Å². The molecule has 3 aliphatic rings. The highest BCUT2D eigenvalue weighted by Gasteiger charge is 2.35. The van der Waals surface area contributed by atoms with Crippen LogP contribution in [0.3, 0.4) is 0 Å². The maximum atomic E-state index is 13.2. The number of fused-ring (bicyclic) bond motifs is 2. The fourth-order valence-electron chi connectivity index (χ4n) is 4.37. The molecule has 1 aliphatic carbocycles. The van der Waals surface area contributed by atoms with E-state index in [0.717, 1.165) is 17.5 Å². The summed E-state index contributed by atoms with van der Waals surface area (Å²) in [5.41, 5.74) is 2.64. The second-order valence-electron chi connectivity index (χ2n) is 8.31. The van der Waals surface area contributed by atoms with Gasteiger partial charge in [0.25, 0.3) is 11.8 Å². The first kappa shape index (κ1) is 21.5. The number of ether oxygens (including phenoxy) is 2. The smallest absolute Gasteiger partial charge is 0.415 e. The van der Waals surface area contributed by atoms with Gasteiger partial charge in [-0.3, -0.25) is 14.7 Å². The van der Waals surface area contributed by atoms with E-state index in [-0.39, 0.29) is 49.0 Å². The molecule has 0 saturated carbocycles.